The maximum Gasteiger partial charge on any atom is 0.430 e. The summed E-state index contributed by atoms with van der Waals surface area (Å²) in [7, 11) is 0. The SMILES string of the molecule is CC(C)N1CCN([n+]2cc(=O)o[nH]2)C(C)(C)C1. The number of piperazine rings is 1. The summed E-state index contributed by atoms with van der Waals surface area (Å²) >= 11 is 0. The van der Waals surface area contributed by atoms with Gasteiger partial charge < -0.3 is 0 Å². The summed E-state index contributed by atoms with van der Waals surface area (Å²) < 4.78 is 4.71. The Hall–Kier alpha value is -1.30. The molecule has 96 valence electrons. The monoisotopic (exact) mass is 241 g/mol. The number of aromatic amines is 1. The molecular formula is C11H21N4O2+. The van der Waals surface area contributed by atoms with Crippen LogP contribution in [0.4, 0.5) is 0 Å². The van der Waals surface area contributed by atoms with E-state index in [2.05, 4.69) is 42.9 Å². The zero-order valence-corrected chi connectivity index (χ0v) is 10.9. The Balaban J connectivity index is 2.19. The minimum absolute atomic E-state index is 0.0417. The minimum Gasteiger partial charge on any atom is -0.296 e. The molecule has 0 saturated carbocycles. The number of rotatable bonds is 2. The van der Waals surface area contributed by atoms with Gasteiger partial charge in [-0.05, 0) is 27.7 Å². The Kier molecular flexibility index (Phi) is 2.99. The molecule has 1 aromatic rings. The molecule has 0 radical (unpaired) electrons. The second-order valence-corrected chi connectivity index (χ2v) is 5.49. The molecule has 2 heterocycles. The molecule has 0 aromatic carbocycles. The second kappa shape index (κ2) is 4.18. The lowest BCUT2D eigenvalue weighted by atomic mass is 10.00. The normalized spacial score (nSPS) is 21.1. The van der Waals surface area contributed by atoms with Gasteiger partial charge in [-0.2, -0.15) is 0 Å². The molecule has 2 rings (SSSR count). The van der Waals surface area contributed by atoms with Gasteiger partial charge in [0, 0.05) is 29.2 Å². The van der Waals surface area contributed by atoms with E-state index < -0.39 is 0 Å². The lowest BCUT2D eigenvalue weighted by molar-refractivity contribution is -0.766. The highest BCUT2D eigenvalue weighted by atomic mass is 16.5. The molecular weight excluding hydrogens is 220 g/mol. The molecule has 0 bridgehead atoms. The van der Waals surface area contributed by atoms with Crippen LogP contribution in [0.5, 0.6) is 0 Å². The predicted molar refractivity (Wildman–Crippen MR) is 63.4 cm³/mol. The molecule has 1 aromatic heterocycles. The maximum atomic E-state index is 11.1. The Labute approximate surface area is 101 Å². The topological polar surface area (TPSA) is 56.4 Å². The molecule has 1 N–H and O–H groups in total. The van der Waals surface area contributed by atoms with E-state index in [1.54, 1.807) is 4.79 Å². The highest BCUT2D eigenvalue weighted by molar-refractivity contribution is 5.00. The Morgan fingerprint density at radius 3 is 2.65 bits per heavy atom. The van der Waals surface area contributed by atoms with Crippen LogP contribution in [0.1, 0.15) is 27.7 Å². The molecule has 1 fully saturated rings. The zero-order valence-electron chi connectivity index (χ0n) is 10.9. The number of aromatic nitrogens is 2. The van der Waals surface area contributed by atoms with E-state index in [1.807, 2.05) is 0 Å². The van der Waals surface area contributed by atoms with E-state index in [1.165, 1.54) is 6.20 Å². The Bertz CT molecular complexity index is 435. The van der Waals surface area contributed by atoms with Crippen molar-refractivity contribution in [3.05, 3.63) is 16.6 Å². The number of hydrogen-bond acceptors (Lipinski definition) is 4. The van der Waals surface area contributed by atoms with Crippen molar-refractivity contribution in [3.8, 4) is 0 Å². The summed E-state index contributed by atoms with van der Waals surface area (Å²) in [5.74, 6) is 0. The molecule has 6 nitrogen and oxygen atoms in total. The van der Waals surface area contributed by atoms with E-state index >= 15 is 0 Å². The molecule has 0 aliphatic carbocycles. The minimum atomic E-state index is -0.355. The van der Waals surface area contributed by atoms with Gasteiger partial charge in [0.15, 0.2) is 0 Å². The van der Waals surface area contributed by atoms with Crippen molar-refractivity contribution in [1.82, 2.24) is 10.2 Å². The zero-order chi connectivity index (χ0) is 12.6. The maximum absolute atomic E-state index is 11.1. The van der Waals surface area contributed by atoms with E-state index in [4.69, 9.17) is 4.52 Å². The van der Waals surface area contributed by atoms with Crippen LogP contribution < -0.4 is 15.4 Å². The molecule has 6 heteroatoms. The Morgan fingerprint density at radius 1 is 1.47 bits per heavy atom. The third kappa shape index (κ3) is 2.36. The second-order valence-electron chi connectivity index (χ2n) is 5.49. The fraction of sp³-hybridized carbons (Fsp3) is 0.818. The third-order valence-electron chi connectivity index (χ3n) is 3.35. The smallest absolute Gasteiger partial charge is 0.296 e. The number of nitrogens with one attached hydrogen (secondary N) is 1. The van der Waals surface area contributed by atoms with Gasteiger partial charge >= 0.3 is 11.8 Å². The van der Waals surface area contributed by atoms with Crippen LogP contribution in [0.25, 0.3) is 0 Å². The highest BCUT2D eigenvalue weighted by Crippen LogP contribution is 2.18. The first-order valence-electron chi connectivity index (χ1n) is 6.02. The summed E-state index contributed by atoms with van der Waals surface area (Å²) in [6.45, 7) is 11.6. The lowest BCUT2D eigenvalue weighted by Crippen LogP contribution is -2.75. The van der Waals surface area contributed by atoms with Crippen LogP contribution >= 0.6 is 0 Å². The molecule has 1 aliphatic rings. The molecule has 0 spiro atoms. The van der Waals surface area contributed by atoms with Gasteiger partial charge in [-0.1, -0.05) is 0 Å². The average molecular weight is 241 g/mol. The summed E-state index contributed by atoms with van der Waals surface area (Å²) in [4.78, 5) is 15.2. The first-order chi connectivity index (χ1) is 7.90. The van der Waals surface area contributed by atoms with Gasteiger partial charge in [-0.25, -0.2) is 4.79 Å². The molecule has 0 amide bonds. The van der Waals surface area contributed by atoms with E-state index in [0.29, 0.717) is 6.04 Å². The standard InChI is InChI=1S/C11H20N4O2/c1-9(2)13-5-6-14(11(3,4)8-13)15-7-10(16)17-12-15/h7,9H,5-6,8H2,1-4H3/p+1. The summed E-state index contributed by atoms with van der Waals surface area (Å²) in [5.41, 5.74) is -0.396. The summed E-state index contributed by atoms with van der Waals surface area (Å²) in [5, 5.41) is 4.73. The lowest BCUT2D eigenvalue weighted by Gasteiger charge is -2.43. The van der Waals surface area contributed by atoms with Crippen molar-refractivity contribution in [2.75, 3.05) is 24.6 Å². The number of hydrogen-bond donors (Lipinski definition) is 1. The fourth-order valence-corrected chi connectivity index (χ4v) is 2.39. The first kappa shape index (κ1) is 12.2. The molecule has 17 heavy (non-hydrogen) atoms. The Morgan fingerprint density at radius 2 is 2.18 bits per heavy atom. The third-order valence-corrected chi connectivity index (χ3v) is 3.35. The van der Waals surface area contributed by atoms with Crippen LogP contribution in [0.3, 0.4) is 0 Å². The largest absolute Gasteiger partial charge is 0.430 e. The molecule has 1 saturated heterocycles. The average Bonchev–Trinajstić information content (AvgIpc) is 2.62. The van der Waals surface area contributed by atoms with Gasteiger partial charge in [-0.15, -0.1) is 5.01 Å². The van der Waals surface area contributed by atoms with Crippen LogP contribution in [0.15, 0.2) is 15.5 Å². The van der Waals surface area contributed by atoms with E-state index in [-0.39, 0.29) is 11.2 Å². The van der Waals surface area contributed by atoms with Crippen LogP contribution in [0.2, 0.25) is 0 Å². The fourth-order valence-electron chi connectivity index (χ4n) is 2.39. The highest BCUT2D eigenvalue weighted by Gasteiger charge is 2.40. The number of nitrogens with zero attached hydrogens (tertiary/aromatic N) is 3. The van der Waals surface area contributed by atoms with Crippen LogP contribution in [-0.2, 0) is 0 Å². The molecule has 1 aliphatic heterocycles. The van der Waals surface area contributed by atoms with Gasteiger partial charge in [0.25, 0.3) is 0 Å². The molecule has 0 unspecified atom stereocenters. The van der Waals surface area contributed by atoms with Crippen molar-refractivity contribution < 1.29 is 9.31 Å². The van der Waals surface area contributed by atoms with E-state index in [0.717, 1.165) is 19.6 Å². The van der Waals surface area contributed by atoms with Gasteiger partial charge in [-0.3, -0.25) is 9.42 Å². The van der Waals surface area contributed by atoms with Crippen molar-refractivity contribution in [1.29, 1.82) is 0 Å². The van der Waals surface area contributed by atoms with E-state index in [9.17, 15) is 4.79 Å². The van der Waals surface area contributed by atoms with Crippen LogP contribution in [-0.4, -0.2) is 41.4 Å². The first-order valence-corrected chi connectivity index (χ1v) is 6.02. The van der Waals surface area contributed by atoms with Crippen LogP contribution in [0, 0.1) is 0 Å². The van der Waals surface area contributed by atoms with Crippen molar-refractivity contribution in [3.63, 3.8) is 0 Å². The van der Waals surface area contributed by atoms with Gasteiger partial charge in [0.2, 0.25) is 0 Å². The number of H-pyrrole nitrogens is 1. The molecule has 0 atom stereocenters. The van der Waals surface area contributed by atoms with Crippen molar-refractivity contribution in [2.24, 2.45) is 0 Å². The summed E-state index contributed by atoms with van der Waals surface area (Å²) in [6.07, 6.45) is 1.44. The van der Waals surface area contributed by atoms with Gasteiger partial charge in [0.1, 0.15) is 5.54 Å². The van der Waals surface area contributed by atoms with Gasteiger partial charge in [0.05, 0.1) is 6.54 Å². The quantitative estimate of drug-likeness (QED) is 0.722. The van der Waals surface area contributed by atoms with Crippen molar-refractivity contribution in [2.45, 2.75) is 39.3 Å². The van der Waals surface area contributed by atoms with Crippen molar-refractivity contribution >= 4 is 0 Å². The summed E-state index contributed by atoms with van der Waals surface area (Å²) in [6, 6.07) is 0.546. The predicted octanol–water partition coefficient (Wildman–Crippen LogP) is -0.304.